The number of benzene rings is 1. The van der Waals surface area contributed by atoms with Crippen molar-refractivity contribution in [3.8, 4) is 11.5 Å². The monoisotopic (exact) mass is 333 g/mol. The quantitative estimate of drug-likeness (QED) is 0.744. The lowest BCUT2D eigenvalue weighted by Crippen LogP contribution is -2.41. The van der Waals surface area contributed by atoms with Crippen molar-refractivity contribution < 1.29 is 18.9 Å². The Hall–Kier alpha value is -2.17. The van der Waals surface area contributed by atoms with Crippen LogP contribution in [0.3, 0.4) is 0 Å². The largest absolute Gasteiger partial charge is 0.493 e. The van der Waals surface area contributed by atoms with Gasteiger partial charge < -0.3 is 18.9 Å². The van der Waals surface area contributed by atoms with E-state index in [0.717, 1.165) is 23.5 Å². The number of hydrogen-bond donors (Lipinski definition) is 0. The van der Waals surface area contributed by atoms with Crippen LogP contribution < -0.4 is 9.47 Å². The molecule has 1 aromatic carbocycles. The summed E-state index contributed by atoms with van der Waals surface area (Å²) in [6, 6.07) is 5.90. The van der Waals surface area contributed by atoms with Crippen molar-refractivity contribution in [2.24, 2.45) is 4.99 Å². The molecule has 1 aliphatic heterocycles. The molecule has 0 atom stereocenters. The van der Waals surface area contributed by atoms with E-state index in [1.807, 2.05) is 45.9 Å². The fraction of sp³-hybridized carbons (Fsp3) is 0.526. The third-order valence-corrected chi connectivity index (χ3v) is 4.45. The summed E-state index contributed by atoms with van der Waals surface area (Å²) in [6.45, 7) is 8.74. The molecule has 5 nitrogen and oxygen atoms in total. The Kier molecular flexibility index (Phi) is 5.42. The van der Waals surface area contributed by atoms with Gasteiger partial charge in [0.15, 0.2) is 11.5 Å². The summed E-state index contributed by atoms with van der Waals surface area (Å²) in [4.78, 5) is 4.39. The number of allylic oxidation sites excluding steroid dienone is 1. The van der Waals surface area contributed by atoms with Crippen molar-refractivity contribution in [3.63, 3.8) is 0 Å². The van der Waals surface area contributed by atoms with Crippen LogP contribution in [0.5, 0.6) is 11.5 Å². The van der Waals surface area contributed by atoms with Gasteiger partial charge in [-0.1, -0.05) is 6.07 Å². The maximum Gasteiger partial charge on any atom is 0.282 e. The molecule has 1 heterocycles. The molecule has 1 aromatic rings. The number of ether oxygens (including phenoxy) is 4. The maximum atomic E-state index is 5.80. The summed E-state index contributed by atoms with van der Waals surface area (Å²) in [5.41, 5.74) is 0.437. The van der Waals surface area contributed by atoms with E-state index in [1.165, 1.54) is 0 Å². The van der Waals surface area contributed by atoms with Crippen LogP contribution in [0.2, 0.25) is 0 Å². The summed E-state index contributed by atoms with van der Waals surface area (Å²) in [5, 5.41) is 0. The van der Waals surface area contributed by atoms with E-state index in [1.54, 1.807) is 26.5 Å². The number of hydrogen-bond acceptors (Lipinski definition) is 5. The number of methoxy groups -OCH3 is 2. The predicted octanol–water partition coefficient (Wildman–Crippen LogP) is 3.76. The second-order valence-corrected chi connectivity index (χ2v) is 6.71. The van der Waals surface area contributed by atoms with Crippen molar-refractivity contribution in [3.05, 3.63) is 35.8 Å². The fourth-order valence-corrected chi connectivity index (χ4v) is 2.26. The topological polar surface area (TPSA) is 49.3 Å². The normalized spacial score (nSPS) is 18.2. The van der Waals surface area contributed by atoms with Gasteiger partial charge >= 0.3 is 0 Å². The molecule has 0 aliphatic carbocycles. The lowest BCUT2D eigenvalue weighted by Gasteiger charge is -2.28. The molecule has 0 unspecified atom stereocenters. The second-order valence-electron chi connectivity index (χ2n) is 6.71. The van der Waals surface area contributed by atoms with Crippen molar-refractivity contribution in [2.75, 3.05) is 20.8 Å². The van der Waals surface area contributed by atoms with E-state index >= 15 is 0 Å². The summed E-state index contributed by atoms with van der Waals surface area (Å²) < 4.78 is 22.1. The van der Waals surface area contributed by atoms with E-state index < -0.39 is 0 Å². The Morgan fingerprint density at radius 2 is 1.62 bits per heavy atom. The van der Waals surface area contributed by atoms with Gasteiger partial charge in [0.1, 0.15) is 11.2 Å². The van der Waals surface area contributed by atoms with E-state index in [4.69, 9.17) is 18.9 Å². The highest BCUT2D eigenvalue weighted by molar-refractivity contribution is 5.71. The zero-order valence-corrected chi connectivity index (χ0v) is 15.4. The Morgan fingerprint density at radius 1 is 1.00 bits per heavy atom. The minimum Gasteiger partial charge on any atom is -0.493 e. The highest BCUT2D eigenvalue weighted by Gasteiger charge is 2.48. The minimum absolute atomic E-state index is 0.355. The Balaban J connectivity index is 1.89. The minimum atomic E-state index is -0.355. The van der Waals surface area contributed by atoms with Gasteiger partial charge in [0.2, 0.25) is 0 Å². The third kappa shape index (κ3) is 4.02. The van der Waals surface area contributed by atoms with Crippen molar-refractivity contribution >= 4 is 6.21 Å². The van der Waals surface area contributed by atoms with E-state index in [0.29, 0.717) is 12.5 Å². The fourth-order valence-electron chi connectivity index (χ4n) is 2.26. The molecule has 0 saturated carbocycles. The first-order chi connectivity index (χ1) is 11.3. The maximum absolute atomic E-state index is 5.80. The lowest BCUT2D eigenvalue weighted by molar-refractivity contribution is 0.00578. The molecule has 0 N–H and O–H groups in total. The first-order valence-corrected chi connectivity index (χ1v) is 8.08. The Labute approximate surface area is 144 Å². The number of rotatable bonds is 6. The first kappa shape index (κ1) is 18.2. The SMILES string of the molecule is COc1ccc(CCN=CC=C2OC(C)(C)C(C)(C)O2)cc1OC. The zero-order chi connectivity index (χ0) is 17.8. The van der Waals surface area contributed by atoms with Gasteiger partial charge in [0, 0.05) is 18.8 Å². The summed E-state index contributed by atoms with van der Waals surface area (Å²) >= 11 is 0. The zero-order valence-electron chi connectivity index (χ0n) is 15.4. The Bertz CT molecular complexity index is 614. The van der Waals surface area contributed by atoms with Gasteiger partial charge in [-0.25, -0.2) is 0 Å². The molecular formula is C19H27NO4. The number of nitrogens with zero attached hydrogens (tertiary/aromatic N) is 1. The van der Waals surface area contributed by atoms with Crippen molar-refractivity contribution in [2.45, 2.75) is 45.3 Å². The van der Waals surface area contributed by atoms with Gasteiger partial charge in [0.05, 0.1) is 14.2 Å². The lowest BCUT2D eigenvalue weighted by atomic mass is 9.90. The van der Waals surface area contributed by atoms with Crippen molar-refractivity contribution in [1.29, 1.82) is 0 Å². The van der Waals surface area contributed by atoms with E-state index in [2.05, 4.69) is 4.99 Å². The molecule has 0 bridgehead atoms. The summed E-state index contributed by atoms with van der Waals surface area (Å²) in [7, 11) is 3.27. The third-order valence-electron chi connectivity index (χ3n) is 4.45. The molecule has 2 rings (SSSR count). The summed E-state index contributed by atoms with van der Waals surface area (Å²) in [6.07, 6.45) is 4.32. The van der Waals surface area contributed by atoms with Gasteiger partial charge in [0.25, 0.3) is 5.95 Å². The molecular weight excluding hydrogens is 306 g/mol. The van der Waals surface area contributed by atoms with Crippen LogP contribution in [0.25, 0.3) is 0 Å². The van der Waals surface area contributed by atoms with Crippen LogP contribution in [-0.4, -0.2) is 38.2 Å². The highest BCUT2D eigenvalue weighted by Crippen LogP contribution is 2.39. The molecule has 0 aromatic heterocycles. The van der Waals surface area contributed by atoms with Gasteiger partial charge in [-0.15, -0.1) is 0 Å². The second kappa shape index (κ2) is 7.16. The van der Waals surface area contributed by atoms with Crippen LogP contribution in [0.4, 0.5) is 0 Å². The molecule has 1 saturated heterocycles. The van der Waals surface area contributed by atoms with Crippen molar-refractivity contribution in [1.82, 2.24) is 0 Å². The van der Waals surface area contributed by atoms with Gasteiger partial charge in [-0.3, -0.25) is 4.99 Å². The van der Waals surface area contributed by atoms with Crippen LogP contribution >= 0.6 is 0 Å². The molecule has 0 radical (unpaired) electrons. The molecule has 1 fully saturated rings. The first-order valence-electron chi connectivity index (χ1n) is 8.08. The molecule has 0 spiro atoms. The van der Waals surface area contributed by atoms with Crippen LogP contribution in [0.1, 0.15) is 33.3 Å². The van der Waals surface area contributed by atoms with Crippen LogP contribution in [0.15, 0.2) is 35.2 Å². The van der Waals surface area contributed by atoms with Crippen LogP contribution in [0, 0.1) is 0 Å². The van der Waals surface area contributed by atoms with Crippen LogP contribution in [-0.2, 0) is 15.9 Å². The van der Waals surface area contributed by atoms with Gasteiger partial charge in [-0.2, -0.15) is 0 Å². The highest BCUT2D eigenvalue weighted by atomic mass is 16.7. The van der Waals surface area contributed by atoms with E-state index in [9.17, 15) is 0 Å². The number of aliphatic imine (C=N–C) groups is 1. The average molecular weight is 333 g/mol. The standard InChI is InChI=1S/C19H27NO4/c1-18(2)19(3,4)24-17(23-18)10-12-20-11-9-14-7-8-15(21-5)16(13-14)22-6/h7-8,10,12-13H,9,11H2,1-6H3. The molecule has 5 heteroatoms. The molecule has 24 heavy (non-hydrogen) atoms. The summed E-state index contributed by atoms with van der Waals surface area (Å²) in [5.74, 6) is 1.98. The molecule has 1 aliphatic rings. The van der Waals surface area contributed by atoms with E-state index in [-0.39, 0.29) is 11.2 Å². The smallest absolute Gasteiger partial charge is 0.282 e. The molecule has 0 amide bonds. The predicted molar refractivity (Wildman–Crippen MR) is 95.0 cm³/mol. The average Bonchev–Trinajstić information content (AvgIpc) is 2.74. The Morgan fingerprint density at radius 3 is 2.21 bits per heavy atom. The van der Waals surface area contributed by atoms with Gasteiger partial charge in [-0.05, 0) is 51.8 Å². The molecule has 132 valence electrons.